The minimum absolute atomic E-state index is 0. The van der Waals surface area contributed by atoms with Gasteiger partial charge in [0.1, 0.15) is 0 Å². The summed E-state index contributed by atoms with van der Waals surface area (Å²) < 4.78 is 0. The maximum atomic E-state index is 8.89. The largest absolute Gasteiger partial charge is 2.00 e. The van der Waals surface area contributed by atoms with E-state index in [0.717, 1.165) is 31.6 Å². The molecule has 4 aliphatic carbocycles. The molecule has 0 atom stereocenters. The number of nitrogens with two attached hydrogens (primary N) is 1. The summed E-state index contributed by atoms with van der Waals surface area (Å²) in [4.78, 5) is 17.8. The molecule has 6 nitrogen and oxygen atoms in total. The minimum Gasteiger partial charge on any atom is -1.00 e. The second-order valence-electron chi connectivity index (χ2n) is 6.33. The molecule has 0 radical (unpaired) electrons. The third-order valence-electron chi connectivity index (χ3n) is 4.34. The molecule has 4 bridgehead atoms. The van der Waals surface area contributed by atoms with Crippen LogP contribution in [-0.2, 0) is 30.7 Å². The fourth-order valence-electron chi connectivity index (χ4n) is 4.29. The Bertz CT molecular complexity index is 317. The molecular weight excluding hydrogens is 526 g/mol. The number of rotatable bonds is 1. The number of carboxylic acids is 2. The molecule has 0 spiro atoms. The van der Waals surface area contributed by atoms with Crippen molar-refractivity contribution in [2.24, 2.45) is 23.6 Å². The average molecular weight is 550 g/mol. The molecule has 0 aromatic heterocycles. The first-order valence-electron chi connectivity index (χ1n) is 7.09. The maximum absolute atomic E-state index is 8.89. The molecule has 0 saturated heterocycles. The number of carbonyl (C=O) groups excluding carboxylic acids is 2. The fourth-order valence-corrected chi connectivity index (χ4v) is 4.29. The van der Waals surface area contributed by atoms with Crippen LogP contribution in [-0.4, -0.2) is 17.5 Å². The van der Waals surface area contributed by atoms with Crippen molar-refractivity contribution in [1.29, 1.82) is 0 Å². The van der Waals surface area contributed by atoms with E-state index in [1.807, 2.05) is 0 Å². The van der Waals surface area contributed by atoms with Crippen LogP contribution < -0.4 is 46.3 Å². The summed E-state index contributed by atoms with van der Waals surface area (Å²) in [5, 5.41) is 17.8. The van der Waals surface area contributed by atoms with Crippen molar-refractivity contribution in [3.8, 4) is 0 Å². The molecule has 4 fully saturated rings. The summed E-state index contributed by atoms with van der Waals surface area (Å²) in [6.45, 7) is 1.94. The number of hydrogen-bond donors (Lipinski definition) is 2. The van der Waals surface area contributed by atoms with E-state index in [-0.39, 0.29) is 45.9 Å². The van der Waals surface area contributed by atoms with Gasteiger partial charge in [-0.05, 0) is 70.1 Å². The number of carbonyl (C=O) groups is 2. The van der Waals surface area contributed by atoms with Gasteiger partial charge in [0.2, 0.25) is 0 Å². The number of hydrazine groups is 1. The first-order chi connectivity index (χ1) is 9.26. The summed E-state index contributed by atoms with van der Waals surface area (Å²) in [6, 6.07) is 0. The van der Waals surface area contributed by atoms with Crippen LogP contribution in [0.1, 0.15) is 52.4 Å². The zero-order valence-electron chi connectivity index (χ0n) is 13.3. The number of carboxylic acid groups (broad SMARTS) is 2. The number of halogens is 2. The molecule has 140 valence electrons. The molecule has 0 aromatic rings. The van der Waals surface area contributed by atoms with Gasteiger partial charge in [0.25, 0.3) is 0 Å². The Morgan fingerprint density at radius 2 is 1.13 bits per heavy atom. The first kappa shape index (κ1) is 28.0. The van der Waals surface area contributed by atoms with E-state index in [9.17, 15) is 0 Å². The summed E-state index contributed by atoms with van der Waals surface area (Å²) in [5.74, 6) is 6.53. The second-order valence-corrected chi connectivity index (χ2v) is 6.33. The fraction of sp³-hybridized carbons (Fsp3) is 0.857. The van der Waals surface area contributed by atoms with Crippen molar-refractivity contribution in [2.45, 2.75) is 57.9 Å². The van der Waals surface area contributed by atoms with E-state index in [1.165, 1.54) is 38.5 Å². The minimum atomic E-state index is -1.08. The zero-order chi connectivity index (χ0) is 15.3. The molecular formula is C14H24Cl2N2O4Pt-2. The summed E-state index contributed by atoms with van der Waals surface area (Å²) in [7, 11) is 0. The van der Waals surface area contributed by atoms with E-state index >= 15 is 0 Å². The van der Waals surface area contributed by atoms with Crippen molar-refractivity contribution in [2.75, 3.05) is 0 Å². The van der Waals surface area contributed by atoms with Crippen LogP contribution in [0.15, 0.2) is 0 Å². The molecule has 9 heteroatoms. The smallest absolute Gasteiger partial charge is 1.00 e. The molecule has 4 rings (SSSR count). The molecule has 0 heterocycles. The zero-order valence-corrected chi connectivity index (χ0v) is 17.0. The van der Waals surface area contributed by atoms with Crippen molar-refractivity contribution in [1.82, 2.24) is 5.43 Å². The van der Waals surface area contributed by atoms with Gasteiger partial charge in [0.05, 0.1) is 0 Å². The quantitative estimate of drug-likeness (QED) is 0.248. The molecule has 0 aliphatic heterocycles. The van der Waals surface area contributed by atoms with Crippen LogP contribution in [0.5, 0.6) is 0 Å². The third kappa shape index (κ3) is 9.88. The standard InChI is InChI=1S/C10H18N2.2C2H4O2.2ClH.Pt/c11-12-10-4-7-1-8(5-10)3-9(2-7)6-10;2*1-2(3)4;;;/h7-9,12H,1-6,11H2;2*1H3,(H,3,4);2*1H;/q;;;;;+2/p-4. The molecule has 3 N–H and O–H groups in total. The average Bonchev–Trinajstić information content (AvgIpc) is 2.25. The van der Waals surface area contributed by atoms with E-state index < -0.39 is 11.9 Å². The van der Waals surface area contributed by atoms with Crippen LogP contribution in [0.4, 0.5) is 0 Å². The van der Waals surface area contributed by atoms with Gasteiger partial charge in [0.15, 0.2) is 0 Å². The van der Waals surface area contributed by atoms with Crippen molar-refractivity contribution < 1.29 is 65.7 Å². The van der Waals surface area contributed by atoms with E-state index in [1.54, 1.807) is 0 Å². The Morgan fingerprint density at radius 1 is 0.913 bits per heavy atom. The number of nitrogens with one attached hydrogen (secondary N) is 1. The van der Waals surface area contributed by atoms with Gasteiger partial charge in [0, 0.05) is 17.5 Å². The molecule has 23 heavy (non-hydrogen) atoms. The van der Waals surface area contributed by atoms with Crippen molar-refractivity contribution >= 4 is 11.9 Å². The van der Waals surface area contributed by atoms with Crippen LogP contribution in [0.25, 0.3) is 0 Å². The SMILES string of the molecule is CC(=O)[O-].CC(=O)[O-].NNC12CC3CC(CC(C3)C1)C2.[Cl-].[Cl-].[Pt+2]. The van der Waals surface area contributed by atoms with Gasteiger partial charge in [-0.1, -0.05) is 0 Å². The van der Waals surface area contributed by atoms with Crippen LogP contribution >= 0.6 is 0 Å². The Labute approximate surface area is 164 Å². The van der Waals surface area contributed by atoms with Gasteiger partial charge in [-0.2, -0.15) is 0 Å². The Kier molecular flexibility index (Phi) is 15.2. The van der Waals surface area contributed by atoms with E-state index in [2.05, 4.69) is 5.43 Å². The third-order valence-corrected chi connectivity index (χ3v) is 4.34. The van der Waals surface area contributed by atoms with Crippen LogP contribution in [0, 0.1) is 17.8 Å². The summed E-state index contributed by atoms with van der Waals surface area (Å²) >= 11 is 0. The maximum Gasteiger partial charge on any atom is 2.00 e. The van der Waals surface area contributed by atoms with Gasteiger partial charge < -0.3 is 44.6 Å². The Hall–Kier alpha value is 0.128. The molecule has 0 amide bonds. The predicted octanol–water partition coefficient (Wildman–Crippen LogP) is -7.06. The molecule has 0 aromatic carbocycles. The van der Waals surface area contributed by atoms with Crippen molar-refractivity contribution in [3.63, 3.8) is 0 Å². The van der Waals surface area contributed by atoms with E-state index in [4.69, 9.17) is 25.6 Å². The Balaban J connectivity index is -0.000000318. The number of aliphatic carboxylic acids is 2. The van der Waals surface area contributed by atoms with Gasteiger partial charge in [-0.3, -0.25) is 11.3 Å². The Morgan fingerprint density at radius 3 is 1.30 bits per heavy atom. The van der Waals surface area contributed by atoms with Gasteiger partial charge >= 0.3 is 21.1 Å². The molecule has 4 saturated carbocycles. The molecule has 0 unspecified atom stereocenters. The van der Waals surface area contributed by atoms with Crippen LogP contribution in [0.2, 0.25) is 0 Å². The normalized spacial score (nSPS) is 31.5. The van der Waals surface area contributed by atoms with E-state index in [0.29, 0.717) is 5.54 Å². The summed E-state index contributed by atoms with van der Waals surface area (Å²) in [6.07, 6.45) is 8.57. The van der Waals surface area contributed by atoms with Crippen LogP contribution in [0.3, 0.4) is 0 Å². The summed E-state index contributed by atoms with van der Waals surface area (Å²) in [5.41, 5.74) is 3.48. The monoisotopic (exact) mass is 549 g/mol. The topological polar surface area (TPSA) is 118 Å². The first-order valence-corrected chi connectivity index (χ1v) is 7.09. The number of hydrogen-bond acceptors (Lipinski definition) is 6. The second kappa shape index (κ2) is 12.5. The van der Waals surface area contributed by atoms with Gasteiger partial charge in [-0.15, -0.1) is 0 Å². The van der Waals surface area contributed by atoms with Crippen molar-refractivity contribution in [3.05, 3.63) is 0 Å². The van der Waals surface area contributed by atoms with Gasteiger partial charge in [-0.25, -0.2) is 0 Å². The molecule has 4 aliphatic rings. The predicted molar refractivity (Wildman–Crippen MR) is 69.6 cm³/mol.